The van der Waals surface area contributed by atoms with Crippen molar-refractivity contribution in [2.45, 2.75) is 33.6 Å². The lowest BCUT2D eigenvalue weighted by Crippen LogP contribution is -2.18. The molecule has 84 valence electrons. The van der Waals surface area contributed by atoms with Gasteiger partial charge in [0.25, 0.3) is 5.91 Å². The van der Waals surface area contributed by atoms with E-state index in [0.717, 1.165) is 5.69 Å². The largest absolute Gasteiger partial charge is 0.355 e. The molecule has 0 aromatic carbocycles. The van der Waals surface area contributed by atoms with Crippen molar-refractivity contribution in [3.8, 4) is 0 Å². The molecule has 0 saturated heterocycles. The summed E-state index contributed by atoms with van der Waals surface area (Å²) in [7, 11) is 1.61. The molecular weight excluding hydrogens is 188 g/mol. The maximum Gasteiger partial charge on any atom is 0.252 e. The fraction of sp³-hybridized carbons (Fsp3) is 0.500. The Labute approximate surface area is 91.9 Å². The van der Waals surface area contributed by atoms with E-state index < -0.39 is 0 Å². The number of carbonyl (C=O) groups excluding carboxylic acids is 1. The third-order valence-corrected chi connectivity index (χ3v) is 1.87. The van der Waals surface area contributed by atoms with E-state index in [-0.39, 0.29) is 5.91 Å². The third kappa shape index (κ3) is 4.11. The molecule has 0 unspecified atom stereocenters. The summed E-state index contributed by atoms with van der Waals surface area (Å²) in [4.78, 5) is 15.3. The minimum atomic E-state index is -0.0946. The molecule has 0 aliphatic carbocycles. The Kier molecular flexibility index (Phi) is 6.34. The van der Waals surface area contributed by atoms with Crippen LogP contribution in [0.4, 0.5) is 0 Å². The molecular formula is C12H20N2O. The second kappa shape index (κ2) is 6.98. The van der Waals surface area contributed by atoms with Gasteiger partial charge in [-0.1, -0.05) is 27.7 Å². The quantitative estimate of drug-likeness (QED) is 0.811. The van der Waals surface area contributed by atoms with Gasteiger partial charge in [-0.25, -0.2) is 0 Å². The molecule has 3 heteroatoms. The van der Waals surface area contributed by atoms with Crippen LogP contribution in [-0.4, -0.2) is 17.9 Å². The molecule has 1 amide bonds. The van der Waals surface area contributed by atoms with Gasteiger partial charge in [0.1, 0.15) is 0 Å². The van der Waals surface area contributed by atoms with Gasteiger partial charge in [0.15, 0.2) is 0 Å². The van der Waals surface area contributed by atoms with Crippen LogP contribution >= 0.6 is 0 Å². The molecule has 0 spiro atoms. The van der Waals surface area contributed by atoms with E-state index in [9.17, 15) is 4.79 Å². The van der Waals surface area contributed by atoms with Gasteiger partial charge in [-0.05, 0) is 18.1 Å². The van der Waals surface area contributed by atoms with Crippen LogP contribution in [0, 0.1) is 0 Å². The minimum absolute atomic E-state index is 0.0946. The second-order valence-electron chi connectivity index (χ2n) is 3.21. The van der Waals surface area contributed by atoms with Crippen molar-refractivity contribution < 1.29 is 4.79 Å². The Morgan fingerprint density at radius 3 is 2.27 bits per heavy atom. The molecule has 0 saturated carbocycles. The average Bonchev–Trinajstić information content (AvgIpc) is 2.31. The predicted octanol–water partition coefficient (Wildman–Crippen LogP) is 2.59. The number of rotatable bonds is 2. The number of aromatic nitrogens is 1. The van der Waals surface area contributed by atoms with Crippen molar-refractivity contribution in [3.63, 3.8) is 0 Å². The molecule has 3 nitrogen and oxygen atoms in total. The summed E-state index contributed by atoms with van der Waals surface area (Å²) < 4.78 is 0. The van der Waals surface area contributed by atoms with Gasteiger partial charge in [0.05, 0.1) is 5.56 Å². The number of pyridine rings is 1. The highest BCUT2D eigenvalue weighted by Gasteiger charge is 2.04. The summed E-state index contributed by atoms with van der Waals surface area (Å²) in [5, 5.41) is 2.55. The summed E-state index contributed by atoms with van der Waals surface area (Å²) in [5.41, 5.74) is 1.61. The van der Waals surface area contributed by atoms with Gasteiger partial charge in [-0.15, -0.1) is 0 Å². The molecule has 0 aliphatic heterocycles. The van der Waals surface area contributed by atoms with Gasteiger partial charge in [-0.3, -0.25) is 9.78 Å². The van der Waals surface area contributed by atoms with Crippen LogP contribution in [0.15, 0.2) is 18.3 Å². The Hall–Kier alpha value is -1.38. The first-order chi connectivity index (χ1) is 7.15. The first-order valence-electron chi connectivity index (χ1n) is 5.33. The lowest BCUT2D eigenvalue weighted by Gasteiger charge is -2.04. The highest BCUT2D eigenvalue weighted by Crippen LogP contribution is 2.10. The zero-order valence-corrected chi connectivity index (χ0v) is 10.2. The van der Waals surface area contributed by atoms with Crippen molar-refractivity contribution in [2.75, 3.05) is 7.05 Å². The van der Waals surface area contributed by atoms with Crippen LogP contribution in [0.5, 0.6) is 0 Å². The summed E-state index contributed by atoms with van der Waals surface area (Å²) in [6.45, 7) is 8.14. The highest BCUT2D eigenvalue weighted by molar-refractivity contribution is 5.93. The number of amides is 1. The zero-order chi connectivity index (χ0) is 11.8. The fourth-order valence-electron chi connectivity index (χ4n) is 1.03. The molecule has 1 heterocycles. The summed E-state index contributed by atoms with van der Waals surface area (Å²) >= 11 is 0. The van der Waals surface area contributed by atoms with Gasteiger partial charge in [0, 0.05) is 18.9 Å². The number of nitrogens with zero attached hydrogens (tertiary/aromatic N) is 1. The van der Waals surface area contributed by atoms with E-state index in [4.69, 9.17) is 0 Å². The third-order valence-electron chi connectivity index (χ3n) is 1.87. The Morgan fingerprint density at radius 2 is 1.93 bits per heavy atom. The molecule has 0 bridgehead atoms. The van der Waals surface area contributed by atoms with Crippen LogP contribution in [-0.2, 0) is 0 Å². The normalized spacial score (nSPS) is 9.20. The molecule has 1 N–H and O–H groups in total. The maximum absolute atomic E-state index is 11.1. The summed E-state index contributed by atoms with van der Waals surface area (Å²) in [5.74, 6) is 0.307. The van der Waals surface area contributed by atoms with Crippen molar-refractivity contribution in [3.05, 3.63) is 29.6 Å². The van der Waals surface area contributed by atoms with E-state index >= 15 is 0 Å². The first-order valence-corrected chi connectivity index (χ1v) is 5.33. The number of carbonyl (C=O) groups is 1. The van der Waals surface area contributed by atoms with Gasteiger partial charge < -0.3 is 5.32 Å². The Bertz CT molecular complexity index is 291. The van der Waals surface area contributed by atoms with E-state index in [1.807, 2.05) is 19.9 Å². The smallest absolute Gasteiger partial charge is 0.252 e. The maximum atomic E-state index is 11.1. The molecule has 0 aliphatic rings. The van der Waals surface area contributed by atoms with Crippen molar-refractivity contribution in [2.24, 2.45) is 0 Å². The number of hydrogen-bond acceptors (Lipinski definition) is 2. The van der Waals surface area contributed by atoms with Gasteiger partial charge >= 0.3 is 0 Å². The lowest BCUT2D eigenvalue weighted by molar-refractivity contribution is 0.0962. The monoisotopic (exact) mass is 208 g/mol. The van der Waals surface area contributed by atoms with Gasteiger partial charge in [0.2, 0.25) is 0 Å². The van der Waals surface area contributed by atoms with Gasteiger partial charge in [-0.2, -0.15) is 0 Å². The number of nitrogens with one attached hydrogen (secondary N) is 1. The topological polar surface area (TPSA) is 42.0 Å². The van der Waals surface area contributed by atoms with Crippen LogP contribution in [0.2, 0.25) is 0 Å². The molecule has 1 aromatic rings. The molecule has 15 heavy (non-hydrogen) atoms. The SMILES string of the molecule is CC.CNC(=O)c1ccc(C(C)C)nc1. The van der Waals surface area contributed by atoms with Crippen molar-refractivity contribution in [1.29, 1.82) is 0 Å². The van der Waals surface area contributed by atoms with E-state index in [2.05, 4.69) is 24.1 Å². The molecule has 0 atom stereocenters. The second-order valence-corrected chi connectivity index (χ2v) is 3.21. The molecule has 1 aromatic heterocycles. The highest BCUT2D eigenvalue weighted by atomic mass is 16.1. The van der Waals surface area contributed by atoms with Crippen LogP contribution in [0.3, 0.4) is 0 Å². The summed E-state index contributed by atoms with van der Waals surface area (Å²) in [6.07, 6.45) is 1.61. The van der Waals surface area contributed by atoms with E-state index in [1.54, 1.807) is 19.3 Å². The summed E-state index contributed by atoms with van der Waals surface area (Å²) in [6, 6.07) is 3.68. The Balaban J connectivity index is 0.000000921. The van der Waals surface area contributed by atoms with Crippen molar-refractivity contribution >= 4 is 5.91 Å². The van der Waals surface area contributed by atoms with Crippen molar-refractivity contribution in [1.82, 2.24) is 10.3 Å². The van der Waals surface area contributed by atoms with Crippen LogP contribution in [0.1, 0.15) is 49.7 Å². The first kappa shape index (κ1) is 13.6. The Morgan fingerprint density at radius 1 is 1.33 bits per heavy atom. The molecule has 0 radical (unpaired) electrons. The van der Waals surface area contributed by atoms with E-state index in [0.29, 0.717) is 11.5 Å². The van der Waals surface area contributed by atoms with E-state index in [1.165, 1.54) is 0 Å². The van der Waals surface area contributed by atoms with Crippen LogP contribution in [0.25, 0.3) is 0 Å². The molecule has 0 fully saturated rings. The standard InChI is InChI=1S/C10H14N2O.C2H6/c1-7(2)9-5-4-8(6-12-9)10(13)11-3;1-2/h4-7H,1-3H3,(H,11,13);1-2H3. The number of hydrogen-bond donors (Lipinski definition) is 1. The molecule has 1 rings (SSSR count). The zero-order valence-electron chi connectivity index (χ0n) is 10.2. The minimum Gasteiger partial charge on any atom is -0.355 e. The lowest BCUT2D eigenvalue weighted by atomic mass is 10.1. The average molecular weight is 208 g/mol. The van der Waals surface area contributed by atoms with Crippen LogP contribution < -0.4 is 5.32 Å². The predicted molar refractivity (Wildman–Crippen MR) is 63.1 cm³/mol. The fourth-order valence-corrected chi connectivity index (χ4v) is 1.03.